The molecule has 1 heterocycles. The first-order valence-electron chi connectivity index (χ1n) is 6.40. The van der Waals surface area contributed by atoms with Crippen LogP contribution in [0, 0.1) is 6.92 Å². The van der Waals surface area contributed by atoms with Gasteiger partial charge in [-0.2, -0.15) is 0 Å². The van der Waals surface area contributed by atoms with Crippen molar-refractivity contribution >= 4 is 21.9 Å². The molecule has 100 valence electrons. The fourth-order valence-corrected chi connectivity index (χ4v) is 2.28. The lowest BCUT2D eigenvalue weighted by atomic mass is 10.1. The van der Waals surface area contributed by atoms with Gasteiger partial charge in [0.2, 0.25) is 5.43 Å². The normalized spacial score (nSPS) is 10.8. The molecule has 20 heavy (non-hydrogen) atoms. The third-order valence-electron chi connectivity index (χ3n) is 3.15. The van der Waals surface area contributed by atoms with Crippen molar-refractivity contribution < 1.29 is 9.15 Å². The number of hydrogen-bond donors (Lipinski definition) is 0. The number of hydrogen-bond acceptors (Lipinski definition) is 3. The Hall–Kier alpha value is -2.55. The van der Waals surface area contributed by atoms with E-state index in [0.717, 1.165) is 5.56 Å². The van der Waals surface area contributed by atoms with Crippen LogP contribution in [-0.4, -0.2) is 6.61 Å². The SMILES string of the molecule is C=CCOc1cc(C)cc2oc3ccccc3c(=O)c12. The predicted molar refractivity (Wildman–Crippen MR) is 80.4 cm³/mol. The summed E-state index contributed by atoms with van der Waals surface area (Å²) in [4.78, 5) is 12.6. The Bertz CT molecular complexity index is 859. The molecule has 0 radical (unpaired) electrons. The molecule has 0 spiro atoms. The van der Waals surface area contributed by atoms with E-state index in [2.05, 4.69) is 6.58 Å². The van der Waals surface area contributed by atoms with Crippen molar-refractivity contribution in [1.29, 1.82) is 0 Å². The highest BCUT2D eigenvalue weighted by Gasteiger charge is 2.13. The molecule has 0 bridgehead atoms. The first-order chi connectivity index (χ1) is 9.70. The van der Waals surface area contributed by atoms with Crippen molar-refractivity contribution in [3.63, 3.8) is 0 Å². The van der Waals surface area contributed by atoms with Crippen molar-refractivity contribution in [2.75, 3.05) is 6.61 Å². The Morgan fingerprint density at radius 2 is 2.05 bits per heavy atom. The van der Waals surface area contributed by atoms with Crippen LogP contribution in [0.5, 0.6) is 5.75 Å². The summed E-state index contributed by atoms with van der Waals surface area (Å²) in [7, 11) is 0. The maximum Gasteiger partial charge on any atom is 0.204 e. The number of para-hydroxylation sites is 1. The number of ether oxygens (including phenoxy) is 1. The zero-order valence-corrected chi connectivity index (χ0v) is 11.2. The molecule has 0 saturated carbocycles. The van der Waals surface area contributed by atoms with E-state index in [1.165, 1.54) is 0 Å². The largest absolute Gasteiger partial charge is 0.489 e. The van der Waals surface area contributed by atoms with Gasteiger partial charge >= 0.3 is 0 Å². The van der Waals surface area contributed by atoms with Crippen molar-refractivity contribution in [1.82, 2.24) is 0 Å². The number of benzene rings is 2. The van der Waals surface area contributed by atoms with Gasteiger partial charge in [0.25, 0.3) is 0 Å². The first kappa shape index (κ1) is 12.5. The first-order valence-corrected chi connectivity index (χ1v) is 6.40. The van der Waals surface area contributed by atoms with E-state index in [9.17, 15) is 4.79 Å². The summed E-state index contributed by atoms with van der Waals surface area (Å²) >= 11 is 0. The van der Waals surface area contributed by atoms with Gasteiger partial charge in [-0.3, -0.25) is 4.79 Å². The van der Waals surface area contributed by atoms with Crippen LogP contribution in [0.2, 0.25) is 0 Å². The van der Waals surface area contributed by atoms with Crippen molar-refractivity contribution in [3.8, 4) is 5.75 Å². The van der Waals surface area contributed by atoms with E-state index in [1.54, 1.807) is 18.2 Å². The second-order valence-electron chi connectivity index (χ2n) is 4.66. The van der Waals surface area contributed by atoms with Crippen molar-refractivity contribution in [2.45, 2.75) is 6.92 Å². The van der Waals surface area contributed by atoms with E-state index in [-0.39, 0.29) is 5.43 Å². The molecule has 3 aromatic rings. The monoisotopic (exact) mass is 266 g/mol. The van der Waals surface area contributed by atoms with Gasteiger partial charge in [-0.1, -0.05) is 24.8 Å². The third-order valence-corrected chi connectivity index (χ3v) is 3.15. The standard InChI is InChI=1S/C17H14O3/c1-3-8-19-14-9-11(2)10-15-16(14)17(18)12-6-4-5-7-13(12)20-15/h3-7,9-10H,1,8H2,2H3. The molecule has 0 unspecified atom stereocenters. The van der Waals surface area contributed by atoms with Crippen molar-refractivity contribution in [3.05, 3.63) is 64.8 Å². The second kappa shape index (κ2) is 4.85. The van der Waals surface area contributed by atoms with Crippen LogP contribution in [0.4, 0.5) is 0 Å². The van der Waals surface area contributed by atoms with Gasteiger partial charge in [0.1, 0.15) is 28.9 Å². The average molecular weight is 266 g/mol. The summed E-state index contributed by atoms with van der Waals surface area (Å²) in [5, 5.41) is 1.04. The molecule has 1 aromatic heterocycles. The summed E-state index contributed by atoms with van der Waals surface area (Å²) in [5.74, 6) is 0.541. The van der Waals surface area contributed by atoms with Crippen molar-refractivity contribution in [2.24, 2.45) is 0 Å². The van der Waals surface area contributed by atoms with E-state index in [4.69, 9.17) is 9.15 Å². The Morgan fingerprint density at radius 1 is 1.25 bits per heavy atom. The fourth-order valence-electron chi connectivity index (χ4n) is 2.28. The van der Waals surface area contributed by atoms with Crippen LogP contribution in [0.3, 0.4) is 0 Å². The van der Waals surface area contributed by atoms with Gasteiger partial charge in [0.05, 0.1) is 5.39 Å². The zero-order valence-electron chi connectivity index (χ0n) is 11.2. The average Bonchev–Trinajstić information content (AvgIpc) is 2.44. The lowest BCUT2D eigenvalue weighted by Gasteiger charge is -2.09. The molecule has 0 N–H and O–H groups in total. The van der Waals surface area contributed by atoms with Gasteiger partial charge in [-0.05, 0) is 36.8 Å². The minimum absolute atomic E-state index is 0.0686. The number of rotatable bonds is 3. The highest BCUT2D eigenvalue weighted by molar-refractivity contribution is 5.93. The maximum atomic E-state index is 12.6. The third kappa shape index (κ3) is 1.97. The summed E-state index contributed by atoms with van der Waals surface area (Å²) in [6, 6.07) is 10.9. The van der Waals surface area contributed by atoms with Crippen LogP contribution in [0.1, 0.15) is 5.56 Å². The van der Waals surface area contributed by atoms with E-state index >= 15 is 0 Å². The lowest BCUT2D eigenvalue weighted by molar-refractivity contribution is 0.367. The van der Waals surface area contributed by atoms with Crippen LogP contribution >= 0.6 is 0 Å². The van der Waals surface area contributed by atoms with Gasteiger partial charge < -0.3 is 9.15 Å². The molecule has 0 fully saturated rings. The summed E-state index contributed by atoms with van der Waals surface area (Å²) in [6.45, 7) is 5.92. The molecule has 3 heteroatoms. The van der Waals surface area contributed by atoms with Gasteiger partial charge in [0.15, 0.2) is 0 Å². The molecule has 3 rings (SSSR count). The smallest absolute Gasteiger partial charge is 0.204 e. The van der Waals surface area contributed by atoms with E-state index in [1.807, 2.05) is 31.2 Å². The summed E-state index contributed by atoms with van der Waals surface area (Å²) < 4.78 is 11.4. The zero-order chi connectivity index (χ0) is 14.1. The highest BCUT2D eigenvalue weighted by Crippen LogP contribution is 2.27. The molecule has 0 atom stereocenters. The minimum atomic E-state index is -0.0686. The Kier molecular flexibility index (Phi) is 3.03. The van der Waals surface area contributed by atoms with Gasteiger partial charge in [-0.15, -0.1) is 0 Å². The maximum absolute atomic E-state index is 12.6. The molecular formula is C17H14O3. The van der Waals surface area contributed by atoms with Gasteiger partial charge in [-0.25, -0.2) is 0 Å². The molecule has 3 nitrogen and oxygen atoms in total. The quantitative estimate of drug-likeness (QED) is 0.534. The second-order valence-corrected chi connectivity index (χ2v) is 4.66. The van der Waals surface area contributed by atoms with Crippen LogP contribution in [-0.2, 0) is 0 Å². The summed E-state index contributed by atoms with van der Waals surface area (Å²) in [5.41, 5.74) is 2.05. The lowest BCUT2D eigenvalue weighted by Crippen LogP contribution is -2.05. The fraction of sp³-hybridized carbons (Fsp3) is 0.118. The molecule has 0 aliphatic carbocycles. The van der Waals surface area contributed by atoms with Crippen LogP contribution in [0.15, 0.2) is 58.3 Å². The predicted octanol–water partition coefficient (Wildman–Crippen LogP) is 3.82. The Balaban J connectivity index is 2.42. The molecule has 0 aliphatic heterocycles. The summed E-state index contributed by atoms with van der Waals surface area (Å²) in [6.07, 6.45) is 1.65. The molecule has 2 aromatic carbocycles. The number of fused-ring (bicyclic) bond motifs is 2. The van der Waals surface area contributed by atoms with Crippen LogP contribution < -0.4 is 10.2 Å². The highest BCUT2D eigenvalue weighted by atomic mass is 16.5. The minimum Gasteiger partial charge on any atom is -0.489 e. The van der Waals surface area contributed by atoms with Gasteiger partial charge in [0, 0.05) is 0 Å². The topological polar surface area (TPSA) is 39.4 Å². The molecule has 0 amide bonds. The molecule has 0 aliphatic rings. The Morgan fingerprint density at radius 3 is 2.85 bits per heavy atom. The van der Waals surface area contributed by atoms with E-state index < -0.39 is 0 Å². The molecule has 0 saturated heterocycles. The Labute approximate surface area is 116 Å². The van der Waals surface area contributed by atoms with E-state index in [0.29, 0.717) is 34.3 Å². The van der Waals surface area contributed by atoms with Crippen LogP contribution in [0.25, 0.3) is 21.9 Å². The molecular weight excluding hydrogens is 252 g/mol. The number of aryl methyl sites for hydroxylation is 1.